The van der Waals surface area contributed by atoms with E-state index in [0.29, 0.717) is 39.6 Å². The number of hydrogen-bond donors (Lipinski definition) is 1. The van der Waals surface area contributed by atoms with Crippen molar-refractivity contribution in [3.63, 3.8) is 0 Å². The topological polar surface area (TPSA) is 47.6 Å². The molecule has 1 N–H and O–H groups in total. The predicted octanol–water partition coefficient (Wildman–Crippen LogP) is 5.34. The van der Waals surface area contributed by atoms with Crippen LogP contribution in [0.1, 0.15) is 25.0 Å². The summed E-state index contributed by atoms with van der Waals surface area (Å²) in [6, 6.07) is 11.2. The van der Waals surface area contributed by atoms with Crippen molar-refractivity contribution in [1.82, 2.24) is 5.32 Å². The third-order valence-electron chi connectivity index (χ3n) is 3.57. The average Bonchev–Trinajstić information content (AvgIpc) is 2.63. The lowest BCUT2D eigenvalue weighted by molar-refractivity contribution is -0.118. The molecule has 0 bridgehead atoms. The van der Waals surface area contributed by atoms with E-state index in [1.807, 2.05) is 44.2 Å². The number of amides is 1. The maximum Gasteiger partial charge on any atom is 0.230 e. The Morgan fingerprint density at radius 3 is 2.48 bits per heavy atom. The molecule has 0 atom stereocenters. The molecule has 0 aromatic heterocycles. The number of rotatable bonds is 9. The zero-order valence-electron chi connectivity index (χ0n) is 15.6. The Balaban J connectivity index is 1.80. The van der Waals surface area contributed by atoms with Gasteiger partial charge in [-0.05, 0) is 49.2 Å². The number of methoxy groups -OCH3 is 1. The van der Waals surface area contributed by atoms with E-state index in [2.05, 4.69) is 5.32 Å². The lowest BCUT2D eigenvalue weighted by atomic mass is 10.2. The molecule has 0 unspecified atom stereocenters. The van der Waals surface area contributed by atoms with Crippen LogP contribution in [-0.4, -0.2) is 24.9 Å². The molecule has 2 rings (SSSR count). The van der Waals surface area contributed by atoms with Crippen LogP contribution in [-0.2, 0) is 17.1 Å². The van der Waals surface area contributed by atoms with Crippen LogP contribution in [0.4, 0.5) is 0 Å². The number of carbonyl (C=O) groups is 1. The number of halogens is 2. The van der Waals surface area contributed by atoms with Crippen molar-refractivity contribution in [1.29, 1.82) is 0 Å². The van der Waals surface area contributed by atoms with Crippen LogP contribution in [0.25, 0.3) is 0 Å². The highest BCUT2D eigenvalue weighted by Crippen LogP contribution is 2.29. The van der Waals surface area contributed by atoms with Gasteiger partial charge in [-0.1, -0.05) is 35.3 Å². The maximum atomic E-state index is 12.1. The molecule has 0 aliphatic heterocycles. The molecule has 0 spiro atoms. The number of carbonyl (C=O) groups excluding carboxylic acids is 1. The summed E-state index contributed by atoms with van der Waals surface area (Å²) in [7, 11) is 1.60. The smallest absolute Gasteiger partial charge is 0.230 e. The summed E-state index contributed by atoms with van der Waals surface area (Å²) in [6.45, 7) is 4.36. The first kappa shape index (κ1) is 21.7. The second-order valence-electron chi connectivity index (χ2n) is 6.17. The van der Waals surface area contributed by atoms with E-state index in [9.17, 15) is 4.79 Å². The zero-order valence-corrected chi connectivity index (χ0v) is 17.9. The fraction of sp³-hybridized carbons (Fsp3) is 0.350. The molecule has 7 heteroatoms. The van der Waals surface area contributed by atoms with E-state index in [1.165, 1.54) is 11.8 Å². The molecule has 2 aromatic carbocycles. The van der Waals surface area contributed by atoms with Gasteiger partial charge in [0.15, 0.2) is 11.5 Å². The highest BCUT2D eigenvalue weighted by atomic mass is 35.5. The Morgan fingerprint density at radius 2 is 1.81 bits per heavy atom. The molecule has 0 fully saturated rings. The monoisotopic (exact) mass is 427 g/mol. The molecule has 0 heterocycles. The van der Waals surface area contributed by atoms with Crippen LogP contribution in [0.15, 0.2) is 36.4 Å². The summed E-state index contributed by atoms with van der Waals surface area (Å²) in [5, 5.41) is 3.97. The SMILES string of the molecule is COc1cc(CNC(=O)CSCc2ccc(Cl)c(Cl)c2)ccc1OC(C)C. The fourth-order valence-corrected chi connectivity index (χ4v) is 3.44. The number of benzene rings is 2. The van der Waals surface area contributed by atoms with E-state index >= 15 is 0 Å². The number of ether oxygens (including phenoxy) is 2. The van der Waals surface area contributed by atoms with Crippen molar-refractivity contribution in [3.8, 4) is 11.5 Å². The Kier molecular flexibility index (Phi) is 8.61. The molecule has 27 heavy (non-hydrogen) atoms. The summed E-state index contributed by atoms with van der Waals surface area (Å²) < 4.78 is 11.1. The summed E-state index contributed by atoms with van der Waals surface area (Å²) >= 11 is 13.4. The third-order valence-corrected chi connectivity index (χ3v) is 5.31. The van der Waals surface area contributed by atoms with E-state index in [-0.39, 0.29) is 12.0 Å². The van der Waals surface area contributed by atoms with Gasteiger partial charge in [0, 0.05) is 12.3 Å². The lowest BCUT2D eigenvalue weighted by Crippen LogP contribution is -2.24. The van der Waals surface area contributed by atoms with Gasteiger partial charge in [-0.15, -0.1) is 11.8 Å². The largest absolute Gasteiger partial charge is 0.493 e. The summed E-state index contributed by atoms with van der Waals surface area (Å²) in [4.78, 5) is 12.1. The van der Waals surface area contributed by atoms with Gasteiger partial charge in [0.05, 0.1) is 29.0 Å². The second kappa shape index (κ2) is 10.7. The van der Waals surface area contributed by atoms with Crippen molar-refractivity contribution < 1.29 is 14.3 Å². The number of nitrogens with one attached hydrogen (secondary N) is 1. The molecule has 0 aliphatic rings. The normalized spacial score (nSPS) is 10.7. The molecule has 0 saturated carbocycles. The first-order valence-corrected chi connectivity index (χ1v) is 10.4. The van der Waals surface area contributed by atoms with Gasteiger partial charge in [-0.2, -0.15) is 0 Å². The summed E-state index contributed by atoms with van der Waals surface area (Å²) in [6.07, 6.45) is 0.0667. The standard InChI is InChI=1S/C20H23Cl2NO3S/c1-13(2)26-18-7-5-14(9-19(18)25-3)10-23-20(24)12-27-11-15-4-6-16(21)17(22)8-15/h4-9,13H,10-12H2,1-3H3,(H,23,24). The van der Waals surface area contributed by atoms with Crippen LogP contribution < -0.4 is 14.8 Å². The first-order valence-electron chi connectivity index (χ1n) is 8.51. The molecule has 0 aliphatic carbocycles. The Hall–Kier alpha value is -1.56. The van der Waals surface area contributed by atoms with Gasteiger partial charge < -0.3 is 14.8 Å². The fourth-order valence-electron chi connectivity index (χ4n) is 2.32. The van der Waals surface area contributed by atoms with Crippen LogP contribution in [0.2, 0.25) is 10.0 Å². The quantitative estimate of drug-likeness (QED) is 0.586. The zero-order chi connectivity index (χ0) is 19.8. The Labute approximate surface area is 174 Å². The average molecular weight is 428 g/mol. The van der Waals surface area contributed by atoms with Crippen molar-refractivity contribution in [2.24, 2.45) is 0 Å². The molecular formula is C20H23Cl2NO3S. The molecular weight excluding hydrogens is 405 g/mol. The molecule has 1 amide bonds. The van der Waals surface area contributed by atoms with Gasteiger partial charge in [-0.25, -0.2) is 0 Å². The van der Waals surface area contributed by atoms with Crippen molar-refractivity contribution >= 4 is 40.9 Å². The highest BCUT2D eigenvalue weighted by Gasteiger charge is 2.09. The first-order chi connectivity index (χ1) is 12.9. The van der Waals surface area contributed by atoms with Gasteiger partial charge in [0.25, 0.3) is 0 Å². The van der Waals surface area contributed by atoms with E-state index < -0.39 is 0 Å². The van der Waals surface area contributed by atoms with Crippen molar-refractivity contribution in [3.05, 3.63) is 57.6 Å². The minimum absolute atomic E-state index is 0.0264. The van der Waals surface area contributed by atoms with Crippen LogP contribution in [0.5, 0.6) is 11.5 Å². The van der Waals surface area contributed by atoms with Crippen LogP contribution in [0.3, 0.4) is 0 Å². The minimum atomic E-state index is -0.0264. The summed E-state index contributed by atoms with van der Waals surface area (Å²) in [5.74, 6) is 2.39. The molecule has 0 radical (unpaired) electrons. The Morgan fingerprint density at radius 1 is 1.07 bits per heavy atom. The highest BCUT2D eigenvalue weighted by molar-refractivity contribution is 7.99. The number of thioether (sulfide) groups is 1. The maximum absolute atomic E-state index is 12.1. The van der Waals surface area contributed by atoms with E-state index in [0.717, 1.165) is 11.1 Å². The molecule has 146 valence electrons. The van der Waals surface area contributed by atoms with Gasteiger partial charge >= 0.3 is 0 Å². The van der Waals surface area contributed by atoms with Crippen molar-refractivity contribution in [2.45, 2.75) is 32.2 Å². The van der Waals surface area contributed by atoms with E-state index in [4.69, 9.17) is 32.7 Å². The van der Waals surface area contributed by atoms with Gasteiger partial charge in [0.2, 0.25) is 5.91 Å². The summed E-state index contributed by atoms with van der Waals surface area (Å²) in [5.41, 5.74) is 1.98. The van der Waals surface area contributed by atoms with Gasteiger partial charge in [-0.3, -0.25) is 4.79 Å². The lowest BCUT2D eigenvalue weighted by Gasteiger charge is -2.14. The predicted molar refractivity (Wildman–Crippen MR) is 113 cm³/mol. The van der Waals surface area contributed by atoms with E-state index in [1.54, 1.807) is 13.2 Å². The molecule has 4 nitrogen and oxygen atoms in total. The second-order valence-corrected chi connectivity index (χ2v) is 7.97. The van der Waals surface area contributed by atoms with Crippen molar-refractivity contribution in [2.75, 3.05) is 12.9 Å². The Bertz CT molecular complexity index is 784. The number of hydrogen-bond acceptors (Lipinski definition) is 4. The van der Waals surface area contributed by atoms with Crippen LogP contribution in [0, 0.1) is 0 Å². The third kappa shape index (κ3) is 7.17. The molecule has 0 saturated heterocycles. The van der Waals surface area contributed by atoms with Gasteiger partial charge in [0.1, 0.15) is 0 Å². The molecule has 2 aromatic rings. The van der Waals surface area contributed by atoms with Crippen LogP contribution >= 0.6 is 35.0 Å². The minimum Gasteiger partial charge on any atom is -0.493 e.